The van der Waals surface area contributed by atoms with Crippen LogP contribution in [0.5, 0.6) is 0 Å². The van der Waals surface area contributed by atoms with Crippen molar-refractivity contribution in [3.63, 3.8) is 0 Å². The second-order valence-electron chi connectivity index (χ2n) is 8.53. The van der Waals surface area contributed by atoms with Gasteiger partial charge in [0, 0.05) is 18.4 Å². The van der Waals surface area contributed by atoms with Crippen LogP contribution in [-0.2, 0) is 4.79 Å². The molecule has 0 aliphatic heterocycles. The summed E-state index contributed by atoms with van der Waals surface area (Å²) in [6, 6.07) is 0. The van der Waals surface area contributed by atoms with E-state index in [1.54, 1.807) is 0 Å². The molecule has 0 aromatic carbocycles. The summed E-state index contributed by atoms with van der Waals surface area (Å²) in [6.45, 7) is 0.916. The minimum Gasteiger partial charge on any atom is -0.396 e. The normalized spacial score (nSPS) is 43.5. The van der Waals surface area contributed by atoms with Crippen LogP contribution in [0.2, 0.25) is 0 Å². The Hall–Kier alpha value is -0.570. The number of nitrogens with one attached hydrogen (secondary N) is 1. The molecule has 5 rings (SSSR count). The van der Waals surface area contributed by atoms with E-state index in [4.69, 9.17) is 0 Å². The monoisotopic (exact) mass is 277 g/mol. The van der Waals surface area contributed by atoms with Gasteiger partial charge in [-0.3, -0.25) is 4.79 Å². The number of aliphatic hydroxyl groups excluding tert-OH is 1. The fourth-order valence-corrected chi connectivity index (χ4v) is 5.76. The lowest BCUT2D eigenvalue weighted by molar-refractivity contribution is -0.129. The Morgan fingerprint density at radius 1 is 1.05 bits per heavy atom. The minimum atomic E-state index is 0.0388. The van der Waals surface area contributed by atoms with Gasteiger partial charge in [-0.2, -0.15) is 0 Å². The van der Waals surface area contributed by atoms with Crippen molar-refractivity contribution >= 4 is 5.91 Å². The molecule has 3 heteroatoms. The Morgan fingerprint density at radius 3 is 2.05 bits per heavy atom. The lowest BCUT2D eigenvalue weighted by Crippen LogP contribution is -2.48. The summed E-state index contributed by atoms with van der Waals surface area (Å²) >= 11 is 0. The van der Waals surface area contributed by atoms with Gasteiger partial charge in [0.2, 0.25) is 5.91 Å². The van der Waals surface area contributed by atoms with Crippen molar-refractivity contribution in [3.05, 3.63) is 0 Å². The van der Waals surface area contributed by atoms with Crippen LogP contribution in [-0.4, -0.2) is 24.2 Å². The number of carbonyl (C=O) groups excluding carboxylic acids is 1. The summed E-state index contributed by atoms with van der Waals surface area (Å²) < 4.78 is 0. The molecular formula is C17H27NO2. The summed E-state index contributed by atoms with van der Waals surface area (Å²) in [5, 5.41) is 12.4. The molecule has 0 unspecified atom stereocenters. The standard InChI is InChI=1S/C17H27NO2/c19-11-16(1-2-16)10-18-15(20)9-17-6-12-3-13(7-17)5-14(4-12)8-17/h12-14,19H,1-11H2,(H,18,20). The number of rotatable bonds is 5. The van der Waals surface area contributed by atoms with Crippen molar-refractivity contribution in [2.24, 2.45) is 28.6 Å². The fourth-order valence-electron chi connectivity index (χ4n) is 5.76. The quantitative estimate of drug-likeness (QED) is 0.811. The van der Waals surface area contributed by atoms with E-state index in [0.29, 0.717) is 12.0 Å². The Balaban J connectivity index is 1.35. The van der Waals surface area contributed by atoms with E-state index in [1.807, 2.05) is 0 Å². The summed E-state index contributed by atoms with van der Waals surface area (Å²) in [7, 11) is 0. The van der Waals surface area contributed by atoms with Gasteiger partial charge in [-0.05, 0) is 74.5 Å². The molecule has 3 nitrogen and oxygen atoms in total. The Morgan fingerprint density at radius 2 is 1.60 bits per heavy atom. The van der Waals surface area contributed by atoms with Crippen molar-refractivity contribution in [1.29, 1.82) is 0 Å². The Bertz CT molecular complexity index is 378. The predicted molar refractivity (Wildman–Crippen MR) is 77.0 cm³/mol. The Kier molecular flexibility index (Phi) is 2.93. The van der Waals surface area contributed by atoms with Crippen molar-refractivity contribution in [1.82, 2.24) is 5.32 Å². The van der Waals surface area contributed by atoms with E-state index in [1.165, 1.54) is 38.5 Å². The maximum Gasteiger partial charge on any atom is 0.220 e. The topological polar surface area (TPSA) is 49.3 Å². The highest BCUT2D eigenvalue weighted by Crippen LogP contribution is 2.61. The van der Waals surface area contributed by atoms with Gasteiger partial charge in [0.15, 0.2) is 0 Å². The number of hydrogen-bond donors (Lipinski definition) is 2. The molecule has 112 valence electrons. The minimum absolute atomic E-state index is 0.0388. The van der Waals surface area contributed by atoms with E-state index in [0.717, 1.165) is 37.0 Å². The number of carbonyl (C=O) groups is 1. The van der Waals surface area contributed by atoms with Crippen molar-refractivity contribution in [3.8, 4) is 0 Å². The molecule has 0 atom stereocenters. The van der Waals surface area contributed by atoms with Gasteiger partial charge in [0.1, 0.15) is 0 Å². The zero-order chi connectivity index (χ0) is 13.8. The first kappa shape index (κ1) is 13.1. The van der Waals surface area contributed by atoms with Gasteiger partial charge >= 0.3 is 0 Å². The van der Waals surface area contributed by atoms with Gasteiger partial charge < -0.3 is 10.4 Å². The molecule has 5 saturated carbocycles. The van der Waals surface area contributed by atoms with Gasteiger partial charge in [0.25, 0.3) is 0 Å². The molecule has 5 aliphatic rings. The lowest BCUT2D eigenvalue weighted by Gasteiger charge is -2.56. The number of amides is 1. The molecule has 1 amide bonds. The second-order valence-corrected chi connectivity index (χ2v) is 8.53. The van der Waals surface area contributed by atoms with Crippen molar-refractivity contribution in [2.45, 2.75) is 57.8 Å². The number of hydrogen-bond acceptors (Lipinski definition) is 2. The largest absolute Gasteiger partial charge is 0.396 e. The molecule has 0 spiro atoms. The molecule has 0 heterocycles. The van der Waals surface area contributed by atoms with Gasteiger partial charge in [-0.1, -0.05) is 0 Å². The lowest BCUT2D eigenvalue weighted by atomic mass is 9.49. The molecule has 0 aromatic rings. The smallest absolute Gasteiger partial charge is 0.220 e. The highest BCUT2D eigenvalue weighted by atomic mass is 16.3. The maximum atomic E-state index is 12.3. The molecule has 0 radical (unpaired) electrons. The van der Waals surface area contributed by atoms with Crippen LogP contribution < -0.4 is 5.32 Å². The summed E-state index contributed by atoms with van der Waals surface area (Å²) in [5.41, 5.74) is 0.381. The Labute approximate surface area is 121 Å². The van der Waals surface area contributed by atoms with Crippen LogP contribution in [0.3, 0.4) is 0 Å². The van der Waals surface area contributed by atoms with Crippen LogP contribution >= 0.6 is 0 Å². The van der Waals surface area contributed by atoms with Gasteiger partial charge in [0.05, 0.1) is 6.61 Å². The molecule has 5 fully saturated rings. The van der Waals surface area contributed by atoms with Crippen LogP contribution in [0.4, 0.5) is 0 Å². The first-order valence-electron chi connectivity index (χ1n) is 8.48. The molecule has 20 heavy (non-hydrogen) atoms. The fraction of sp³-hybridized carbons (Fsp3) is 0.941. The van der Waals surface area contributed by atoms with Crippen molar-refractivity contribution in [2.75, 3.05) is 13.2 Å². The molecule has 0 aromatic heterocycles. The highest BCUT2D eigenvalue weighted by Gasteiger charge is 2.51. The molecule has 0 saturated heterocycles. The van der Waals surface area contributed by atoms with Crippen LogP contribution in [0.1, 0.15) is 57.8 Å². The van der Waals surface area contributed by atoms with E-state index < -0.39 is 0 Å². The first-order chi connectivity index (χ1) is 9.60. The zero-order valence-electron chi connectivity index (χ0n) is 12.4. The summed E-state index contributed by atoms with van der Waals surface area (Å²) in [6.07, 6.45) is 11.1. The van der Waals surface area contributed by atoms with Gasteiger partial charge in [-0.15, -0.1) is 0 Å². The van der Waals surface area contributed by atoms with Crippen LogP contribution in [0.25, 0.3) is 0 Å². The van der Waals surface area contributed by atoms with E-state index >= 15 is 0 Å². The average Bonchev–Trinajstić information content (AvgIpc) is 3.15. The van der Waals surface area contributed by atoms with Gasteiger partial charge in [-0.25, -0.2) is 0 Å². The molecule has 4 bridgehead atoms. The first-order valence-corrected chi connectivity index (χ1v) is 8.48. The zero-order valence-corrected chi connectivity index (χ0v) is 12.4. The second kappa shape index (κ2) is 4.46. The van der Waals surface area contributed by atoms with Crippen LogP contribution in [0, 0.1) is 28.6 Å². The maximum absolute atomic E-state index is 12.3. The van der Waals surface area contributed by atoms with E-state index in [-0.39, 0.29) is 17.9 Å². The predicted octanol–water partition coefficient (Wildman–Crippen LogP) is 2.48. The molecule has 5 aliphatic carbocycles. The van der Waals surface area contributed by atoms with Crippen LogP contribution in [0.15, 0.2) is 0 Å². The third kappa shape index (κ3) is 2.28. The van der Waals surface area contributed by atoms with Crippen molar-refractivity contribution < 1.29 is 9.90 Å². The summed E-state index contributed by atoms with van der Waals surface area (Å²) in [5.74, 6) is 3.00. The molecular weight excluding hydrogens is 250 g/mol. The summed E-state index contributed by atoms with van der Waals surface area (Å²) in [4.78, 5) is 12.3. The van der Waals surface area contributed by atoms with E-state index in [2.05, 4.69) is 5.32 Å². The number of aliphatic hydroxyl groups is 1. The SMILES string of the molecule is O=C(CC12CC3CC(CC(C3)C1)C2)NCC1(CO)CC1. The third-order valence-electron chi connectivity index (χ3n) is 6.65. The molecule has 2 N–H and O–H groups in total. The van der Waals surface area contributed by atoms with E-state index in [9.17, 15) is 9.90 Å². The highest BCUT2D eigenvalue weighted by molar-refractivity contribution is 5.76. The third-order valence-corrected chi connectivity index (χ3v) is 6.65. The average molecular weight is 277 g/mol.